The zero-order valence-electron chi connectivity index (χ0n) is 25.9. The van der Waals surface area contributed by atoms with E-state index in [0.29, 0.717) is 68.7 Å². The Morgan fingerprint density at radius 2 is 1.36 bits per heavy atom. The van der Waals surface area contributed by atoms with E-state index in [4.69, 9.17) is 23.2 Å². The maximum atomic E-state index is 15.5. The Labute approximate surface area is 270 Å². The van der Waals surface area contributed by atoms with Crippen molar-refractivity contribution in [3.8, 4) is 0 Å². The summed E-state index contributed by atoms with van der Waals surface area (Å²) in [5.74, 6) is 1.41. The summed E-state index contributed by atoms with van der Waals surface area (Å²) >= 11 is 14.4. The van der Waals surface area contributed by atoms with Crippen LogP contribution in [0.1, 0.15) is 122 Å². The van der Waals surface area contributed by atoms with E-state index in [0.717, 1.165) is 77.0 Å². The number of nitrogens with zero attached hydrogens (tertiary/aromatic N) is 1. The molecule has 8 bridgehead atoms. The Balaban J connectivity index is 1.21. The SMILES string of the molecule is O=C1C[C@@](NC(=O)C23CC4CC(CC(Cl)(C4)C2)C3)(N(C(=O)C23CC4CC(CC(Cl)(C4)C2)C3)[C@H]2CCCCC(=O)N2)CCCN1. The lowest BCUT2D eigenvalue weighted by molar-refractivity contribution is -0.175. The quantitative estimate of drug-likeness (QED) is 0.285. The first-order chi connectivity index (χ1) is 20.9. The average molecular weight is 648 g/mol. The summed E-state index contributed by atoms with van der Waals surface area (Å²) in [7, 11) is 0. The Morgan fingerprint density at radius 3 is 1.98 bits per heavy atom. The van der Waals surface area contributed by atoms with E-state index in [9.17, 15) is 14.4 Å². The van der Waals surface area contributed by atoms with Crippen LogP contribution in [0.4, 0.5) is 0 Å². The molecule has 10 heteroatoms. The number of hydrogen-bond acceptors (Lipinski definition) is 4. The molecule has 8 nitrogen and oxygen atoms in total. The van der Waals surface area contributed by atoms with Crippen molar-refractivity contribution in [2.45, 2.75) is 144 Å². The van der Waals surface area contributed by atoms with Crippen molar-refractivity contribution in [1.82, 2.24) is 20.9 Å². The second-order valence-electron chi connectivity index (χ2n) is 16.9. The van der Waals surface area contributed by atoms with E-state index in [2.05, 4.69) is 16.0 Å². The third-order valence-corrected chi connectivity index (χ3v) is 14.1. The lowest BCUT2D eigenvalue weighted by Gasteiger charge is -2.62. The molecule has 10 aliphatic rings. The minimum Gasteiger partial charge on any atom is -0.356 e. The number of carbonyl (C=O) groups is 4. The number of amides is 4. The molecule has 0 radical (unpaired) electrons. The first-order valence-corrected chi connectivity index (χ1v) is 18.3. The minimum atomic E-state index is -1.23. The number of rotatable bonds is 5. The highest BCUT2D eigenvalue weighted by Crippen LogP contribution is 2.66. The molecule has 2 saturated heterocycles. The fourth-order valence-electron chi connectivity index (χ4n) is 12.6. The van der Waals surface area contributed by atoms with Crippen LogP contribution < -0.4 is 16.0 Å². The smallest absolute Gasteiger partial charge is 0.232 e. The van der Waals surface area contributed by atoms with Crippen molar-refractivity contribution < 1.29 is 19.2 Å². The van der Waals surface area contributed by atoms with Crippen LogP contribution in [0.3, 0.4) is 0 Å². The molecule has 0 aromatic heterocycles. The Morgan fingerprint density at radius 1 is 0.773 bits per heavy atom. The molecule has 4 amide bonds. The largest absolute Gasteiger partial charge is 0.356 e. The molecular weight excluding hydrogens is 599 g/mol. The maximum Gasteiger partial charge on any atom is 0.232 e. The van der Waals surface area contributed by atoms with Gasteiger partial charge in [0.05, 0.1) is 17.3 Å². The molecule has 4 unspecified atom stereocenters. The monoisotopic (exact) mass is 646 g/mol. The highest BCUT2D eigenvalue weighted by molar-refractivity contribution is 6.24. The average Bonchev–Trinajstić information content (AvgIpc) is 3.23. The molecule has 0 aromatic rings. The van der Waals surface area contributed by atoms with Crippen LogP contribution in [0, 0.1) is 34.5 Å². The predicted octanol–water partition coefficient (Wildman–Crippen LogP) is 5.10. The van der Waals surface area contributed by atoms with Crippen molar-refractivity contribution in [1.29, 1.82) is 0 Å². The molecule has 0 spiro atoms. The van der Waals surface area contributed by atoms with E-state index in [1.807, 2.05) is 4.90 Å². The third-order valence-electron chi connectivity index (χ3n) is 13.3. The number of hydrogen-bond donors (Lipinski definition) is 3. The number of alkyl halides is 2. The van der Waals surface area contributed by atoms with Crippen molar-refractivity contribution in [2.75, 3.05) is 6.54 Å². The molecule has 2 aliphatic heterocycles. The summed E-state index contributed by atoms with van der Waals surface area (Å²) < 4.78 is 0. The Hall–Kier alpha value is -1.54. The van der Waals surface area contributed by atoms with Gasteiger partial charge in [-0.25, -0.2) is 0 Å². The van der Waals surface area contributed by atoms with Gasteiger partial charge < -0.3 is 16.0 Å². The van der Waals surface area contributed by atoms with Gasteiger partial charge in [-0.15, -0.1) is 23.2 Å². The first kappa shape index (κ1) is 29.8. The van der Waals surface area contributed by atoms with Gasteiger partial charge in [0.25, 0.3) is 0 Å². The summed E-state index contributed by atoms with van der Waals surface area (Å²) in [6, 6.07) is 0. The van der Waals surface area contributed by atoms with Gasteiger partial charge in [-0.1, -0.05) is 0 Å². The van der Waals surface area contributed by atoms with Crippen LogP contribution in [-0.4, -0.2) is 56.7 Å². The highest BCUT2D eigenvalue weighted by atomic mass is 35.5. The van der Waals surface area contributed by atoms with E-state index in [1.54, 1.807) is 0 Å². The molecule has 10 fully saturated rings. The molecular formula is C34H48Cl2N4O4. The van der Waals surface area contributed by atoms with Gasteiger partial charge in [-0.05, 0) is 133 Å². The normalized spacial score (nSPS) is 49.1. The van der Waals surface area contributed by atoms with Gasteiger partial charge in [-0.2, -0.15) is 0 Å². The summed E-state index contributed by atoms with van der Waals surface area (Å²) in [6.45, 7) is 0.496. The summed E-state index contributed by atoms with van der Waals surface area (Å²) in [5, 5.41) is 9.71. The third kappa shape index (κ3) is 4.89. The molecule has 0 aromatic carbocycles. The second kappa shape index (κ2) is 10.2. The molecule has 6 atom stereocenters. The molecule has 10 rings (SSSR count). The molecule has 2 heterocycles. The predicted molar refractivity (Wildman–Crippen MR) is 166 cm³/mol. The molecule has 3 N–H and O–H groups in total. The van der Waals surface area contributed by atoms with E-state index in [1.165, 1.54) is 0 Å². The van der Waals surface area contributed by atoms with Gasteiger partial charge in [0.2, 0.25) is 23.6 Å². The maximum absolute atomic E-state index is 15.5. The van der Waals surface area contributed by atoms with Crippen molar-refractivity contribution in [3.05, 3.63) is 0 Å². The fraction of sp³-hybridized carbons (Fsp3) is 0.882. The standard InChI is InChI=1S/C34H48Cl2N4O4/c35-32-14-21-8-22(15-32)11-30(10-21,19-32)28(43)39-34(6-3-7-37-27(42)18-34)40(25-4-1-2-5-26(41)38-25)29(44)31-12-23-9-24(13-31)17-33(36,16-23)20-31/h21-25H,1-20H2,(H,37,42)(H,38,41)(H,39,43)/t21?,22?,23?,24?,25-,30?,31?,32?,33?,34-/m0/s1. The summed E-state index contributed by atoms with van der Waals surface area (Å²) in [6.07, 6.45) is 13.7. The Bertz CT molecular complexity index is 1250. The van der Waals surface area contributed by atoms with Gasteiger partial charge >= 0.3 is 0 Å². The van der Waals surface area contributed by atoms with Crippen molar-refractivity contribution in [3.63, 3.8) is 0 Å². The highest BCUT2D eigenvalue weighted by Gasteiger charge is 2.65. The zero-order valence-corrected chi connectivity index (χ0v) is 27.4. The van der Waals surface area contributed by atoms with Crippen LogP contribution >= 0.6 is 23.2 Å². The van der Waals surface area contributed by atoms with Crippen molar-refractivity contribution in [2.24, 2.45) is 34.5 Å². The minimum absolute atomic E-state index is 0.0131. The first-order valence-electron chi connectivity index (χ1n) is 17.5. The van der Waals surface area contributed by atoms with E-state index >= 15 is 4.79 Å². The fourth-order valence-corrected chi connectivity index (χ4v) is 14.0. The molecule has 242 valence electrons. The summed E-state index contributed by atoms with van der Waals surface area (Å²) in [4.78, 5) is 58.0. The van der Waals surface area contributed by atoms with Gasteiger partial charge in [0.1, 0.15) is 11.8 Å². The van der Waals surface area contributed by atoms with Crippen LogP contribution in [0.15, 0.2) is 0 Å². The topological polar surface area (TPSA) is 108 Å². The molecule has 8 saturated carbocycles. The Kier molecular flexibility index (Phi) is 6.94. The second-order valence-corrected chi connectivity index (χ2v) is 18.5. The van der Waals surface area contributed by atoms with E-state index in [-0.39, 0.29) is 39.8 Å². The van der Waals surface area contributed by atoms with Gasteiger partial charge in [0.15, 0.2) is 0 Å². The molecule has 8 aliphatic carbocycles. The van der Waals surface area contributed by atoms with Gasteiger partial charge in [0, 0.05) is 22.7 Å². The van der Waals surface area contributed by atoms with Crippen LogP contribution in [0.25, 0.3) is 0 Å². The van der Waals surface area contributed by atoms with Crippen LogP contribution in [-0.2, 0) is 19.2 Å². The number of carbonyl (C=O) groups excluding carboxylic acids is 4. The molecule has 44 heavy (non-hydrogen) atoms. The number of nitrogens with one attached hydrogen (secondary N) is 3. The zero-order chi connectivity index (χ0) is 30.5. The number of halogens is 2. The van der Waals surface area contributed by atoms with Crippen LogP contribution in [0.5, 0.6) is 0 Å². The lowest BCUT2D eigenvalue weighted by atomic mass is 9.48. The lowest BCUT2D eigenvalue weighted by Crippen LogP contribution is -2.73. The van der Waals surface area contributed by atoms with Crippen molar-refractivity contribution >= 4 is 46.8 Å². The van der Waals surface area contributed by atoms with E-state index < -0.39 is 22.7 Å². The van der Waals surface area contributed by atoms with Gasteiger partial charge in [-0.3, -0.25) is 24.1 Å². The van der Waals surface area contributed by atoms with Crippen LogP contribution in [0.2, 0.25) is 0 Å². The summed E-state index contributed by atoms with van der Waals surface area (Å²) in [5.41, 5.74) is -2.45.